The Hall–Kier alpha value is -2.01. The van der Waals surface area contributed by atoms with Crippen LogP contribution in [0.25, 0.3) is 0 Å². The molecule has 5 nitrogen and oxygen atoms in total. The number of benzene rings is 1. The van der Waals surface area contributed by atoms with E-state index in [1.54, 1.807) is 16.8 Å². The molecule has 0 saturated carbocycles. The molecule has 1 aromatic carbocycles. The predicted octanol–water partition coefficient (Wildman–Crippen LogP) is 1.16. The average Bonchev–Trinajstić information content (AvgIpc) is 2.75. The second-order valence-corrected chi connectivity index (χ2v) is 4.27. The molecule has 0 aliphatic carbocycles. The number of nitrogens with one attached hydrogen (secondary N) is 1. The minimum absolute atomic E-state index is 0.0819. The van der Waals surface area contributed by atoms with Crippen LogP contribution in [-0.2, 0) is 20.0 Å². The molecule has 0 aliphatic rings. The maximum absolute atomic E-state index is 9.35. The number of aromatic nitrogens is 2. The topological polar surface area (TPSA) is 70.3 Å². The van der Waals surface area contributed by atoms with Crippen molar-refractivity contribution in [3.63, 3.8) is 0 Å². The SMILES string of the molecule is Cn1cc(CCNCc2ccc(O)c(O)c2)cn1. The van der Waals surface area contributed by atoms with E-state index < -0.39 is 0 Å². The summed E-state index contributed by atoms with van der Waals surface area (Å²) in [7, 11) is 1.90. The van der Waals surface area contributed by atoms with Gasteiger partial charge in [0.2, 0.25) is 0 Å². The van der Waals surface area contributed by atoms with Gasteiger partial charge in [-0.25, -0.2) is 0 Å². The molecule has 5 heteroatoms. The van der Waals surface area contributed by atoms with Gasteiger partial charge in [-0.3, -0.25) is 4.68 Å². The first kappa shape index (κ1) is 12.4. The molecule has 0 aliphatic heterocycles. The minimum Gasteiger partial charge on any atom is -0.504 e. The number of hydrogen-bond donors (Lipinski definition) is 3. The van der Waals surface area contributed by atoms with Crippen molar-refractivity contribution in [3.8, 4) is 11.5 Å². The number of rotatable bonds is 5. The summed E-state index contributed by atoms with van der Waals surface area (Å²) >= 11 is 0. The Morgan fingerprint density at radius 3 is 2.72 bits per heavy atom. The van der Waals surface area contributed by atoms with E-state index in [4.69, 9.17) is 0 Å². The third-order valence-corrected chi connectivity index (χ3v) is 2.72. The van der Waals surface area contributed by atoms with Crippen molar-refractivity contribution >= 4 is 0 Å². The Bertz CT molecular complexity index is 523. The highest BCUT2D eigenvalue weighted by molar-refractivity contribution is 5.40. The van der Waals surface area contributed by atoms with Gasteiger partial charge in [-0.05, 0) is 36.2 Å². The molecule has 96 valence electrons. The van der Waals surface area contributed by atoms with Crippen LogP contribution in [0.1, 0.15) is 11.1 Å². The van der Waals surface area contributed by atoms with Gasteiger partial charge in [0, 0.05) is 19.8 Å². The lowest BCUT2D eigenvalue weighted by Gasteiger charge is -2.05. The smallest absolute Gasteiger partial charge is 0.157 e. The lowest BCUT2D eigenvalue weighted by Crippen LogP contribution is -2.16. The molecule has 0 spiro atoms. The summed E-state index contributed by atoms with van der Waals surface area (Å²) < 4.78 is 1.79. The molecule has 0 bridgehead atoms. The molecule has 18 heavy (non-hydrogen) atoms. The largest absolute Gasteiger partial charge is 0.504 e. The lowest BCUT2D eigenvalue weighted by molar-refractivity contribution is 0.403. The van der Waals surface area contributed by atoms with Gasteiger partial charge in [0.25, 0.3) is 0 Å². The summed E-state index contributed by atoms with van der Waals surface area (Å²) in [5, 5.41) is 25.9. The van der Waals surface area contributed by atoms with Crippen LogP contribution in [0.15, 0.2) is 30.6 Å². The first-order chi connectivity index (χ1) is 8.65. The quantitative estimate of drug-likeness (QED) is 0.548. The Morgan fingerprint density at radius 1 is 1.22 bits per heavy atom. The van der Waals surface area contributed by atoms with Crippen LogP contribution in [0.2, 0.25) is 0 Å². The number of aromatic hydroxyl groups is 2. The summed E-state index contributed by atoms with van der Waals surface area (Å²) in [5.74, 6) is -0.171. The van der Waals surface area contributed by atoms with Gasteiger partial charge in [0.05, 0.1) is 6.20 Å². The van der Waals surface area contributed by atoms with Crippen LogP contribution >= 0.6 is 0 Å². The lowest BCUT2D eigenvalue weighted by atomic mass is 10.2. The first-order valence-electron chi connectivity index (χ1n) is 5.84. The van der Waals surface area contributed by atoms with Crippen molar-refractivity contribution in [1.82, 2.24) is 15.1 Å². The van der Waals surface area contributed by atoms with Crippen molar-refractivity contribution in [2.45, 2.75) is 13.0 Å². The van der Waals surface area contributed by atoms with Gasteiger partial charge in [0.15, 0.2) is 11.5 Å². The number of phenols is 2. The van der Waals surface area contributed by atoms with Crippen molar-refractivity contribution in [2.24, 2.45) is 7.05 Å². The van der Waals surface area contributed by atoms with Gasteiger partial charge in [-0.2, -0.15) is 5.10 Å². The molecule has 0 saturated heterocycles. The third kappa shape index (κ3) is 3.24. The monoisotopic (exact) mass is 247 g/mol. The standard InChI is InChI=1S/C13H17N3O2/c1-16-9-11(8-15-16)4-5-14-7-10-2-3-12(17)13(18)6-10/h2-3,6,8-9,14,17-18H,4-5,7H2,1H3. The zero-order valence-electron chi connectivity index (χ0n) is 10.3. The van der Waals surface area contributed by atoms with E-state index in [-0.39, 0.29) is 11.5 Å². The highest BCUT2D eigenvalue weighted by Crippen LogP contribution is 2.24. The van der Waals surface area contributed by atoms with Crippen LogP contribution < -0.4 is 5.32 Å². The van der Waals surface area contributed by atoms with Crippen LogP contribution in [0, 0.1) is 0 Å². The summed E-state index contributed by atoms with van der Waals surface area (Å²) in [6, 6.07) is 4.84. The van der Waals surface area contributed by atoms with Crippen molar-refractivity contribution < 1.29 is 10.2 Å². The van der Waals surface area contributed by atoms with E-state index in [0.717, 1.165) is 18.5 Å². The van der Waals surface area contributed by atoms with Crippen molar-refractivity contribution in [3.05, 3.63) is 41.7 Å². The van der Waals surface area contributed by atoms with E-state index in [2.05, 4.69) is 10.4 Å². The van der Waals surface area contributed by atoms with Crippen LogP contribution in [0.5, 0.6) is 11.5 Å². The van der Waals surface area contributed by atoms with Gasteiger partial charge in [-0.15, -0.1) is 0 Å². The Labute approximate surface area is 106 Å². The molecule has 2 rings (SSSR count). The summed E-state index contributed by atoms with van der Waals surface area (Å²) in [5.41, 5.74) is 2.13. The molecule has 1 aromatic heterocycles. The van der Waals surface area contributed by atoms with Gasteiger partial charge in [-0.1, -0.05) is 6.07 Å². The van der Waals surface area contributed by atoms with Crippen molar-refractivity contribution in [2.75, 3.05) is 6.54 Å². The van der Waals surface area contributed by atoms with Gasteiger partial charge in [0.1, 0.15) is 0 Å². The number of nitrogens with zero attached hydrogens (tertiary/aromatic N) is 2. The predicted molar refractivity (Wildman–Crippen MR) is 68.4 cm³/mol. The summed E-state index contributed by atoms with van der Waals surface area (Å²) in [4.78, 5) is 0. The fourth-order valence-electron chi connectivity index (χ4n) is 1.75. The number of hydrogen-bond acceptors (Lipinski definition) is 4. The fourth-order valence-corrected chi connectivity index (χ4v) is 1.75. The summed E-state index contributed by atoms with van der Waals surface area (Å²) in [6.07, 6.45) is 4.76. The van der Waals surface area contributed by atoms with Crippen LogP contribution in [0.3, 0.4) is 0 Å². The molecule has 3 N–H and O–H groups in total. The second kappa shape index (κ2) is 5.55. The Balaban J connectivity index is 1.76. The van der Waals surface area contributed by atoms with Gasteiger partial charge < -0.3 is 15.5 Å². The molecule has 2 aromatic rings. The van der Waals surface area contributed by atoms with E-state index in [1.807, 2.05) is 19.4 Å². The van der Waals surface area contributed by atoms with E-state index in [0.29, 0.717) is 6.54 Å². The highest BCUT2D eigenvalue weighted by Gasteiger charge is 2.00. The third-order valence-electron chi connectivity index (χ3n) is 2.72. The van der Waals surface area contributed by atoms with Gasteiger partial charge >= 0.3 is 0 Å². The van der Waals surface area contributed by atoms with Crippen LogP contribution in [-0.4, -0.2) is 26.5 Å². The molecule has 0 amide bonds. The molecular formula is C13H17N3O2. The fraction of sp³-hybridized carbons (Fsp3) is 0.308. The van der Waals surface area contributed by atoms with E-state index in [1.165, 1.54) is 11.6 Å². The first-order valence-corrected chi connectivity index (χ1v) is 5.84. The molecule has 1 heterocycles. The average molecular weight is 247 g/mol. The normalized spacial score (nSPS) is 10.7. The van der Waals surface area contributed by atoms with Crippen LogP contribution in [0.4, 0.5) is 0 Å². The van der Waals surface area contributed by atoms with E-state index in [9.17, 15) is 10.2 Å². The maximum atomic E-state index is 9.35. The Kier molecular flexibility index (Phi) is 3.84. The molecule has 0 unspecified atom stereocenters. The molecule has 0 fully saturated rings. The maximum Gasteiger partial charge on any atom is 0.157 e. The minimum atomic E-state index is -0.0888. The second-order valence-electron chi connectivity index (χ2n) is 4.27. The zero-order chi connectivity index (χ0) is 13.0. The van der Waals surface area contributed by atoms with E-state index >= 15 is 0 Å². The van der Waals surface area contributed by atoms with Crippen molar-refractivity contribution in [1.29, 1.82) is 0 Å². The zero-order valence-corrected chi connectivity index (χ0v) is 10.3. The number of phenolic OH excluding ortho intramolecular Hbond substituents is 2. The summed E-state index contributed by atoms with van der Waals surface area (Å²) in [6.45, 7) is 1.50. The Morgan fingerprint density at radius 2 is 2.06 bits per heavy atom. The number of aryl methyl sites for hydroxylation is 1. The molecular weight excluding hydrogens is 230 g/mol. The molecule has 0 atom stereocenters. The highest BCUT2D eigenvalue weighted by atomic mass is 16.3. The molecule has 0 radical (unpaired) electrons.